The summed E-state index contributed by atoms with van der Waals surface area (Å²) >= 11 is 5.51. The van der Waals surface area contributed by atoms with Gasteiger partial charge in [-0.25, -0.2) is 0 Å². The fraction of sp³-hybridized carbons (Fsp3) is 0.182. The molecule has 0 amide bonds. The highest BCUT2D eigenvalue weighted by Gasteiger charge is 2.04. The number of nitrogens with zero attached hydrogens (tertiary/aromatic N) is 1. The monoisotopic (exact) mass is 271 g/mol. The van der Waals surface area contributed by atoms with Crippen molar-refractivity contribution in [2.75, 3.05) is 0 Å². The van der Waals surface area contributed by atoms with Crippen LogP contribution >= 0.6 is 11.6 Å². The van der Waals surface area contributed by atoms with Gasteiger partial charge in [-0.05, 0) is 29.3 Å². The first-order valence-electron chi connectivity index (χ1n) is 4.88. The fourth-order valence-corrected chi connectivity index (χ4v) is 1.25. The molecule has 96 valence electrons. The lowest BCUT2D eigenvalue weighted by Crippen LogP contribution is -1.95. The largest absolute Gasteiger partial charge is 0.492 e. The Morgan fingerprint density at radius 3 is 2.56 bits per heavy atom. The third-order valence-corrected chi connectivity index (χ3v) is 1.98. The Morgan fingerprint density at radius 2 is 2.06 bits per heavy atom. The van der Waals surface area contributed by atoms with Crippen LogP contribution in [-0.2, 0) is 20.9 Å². The molecule has 18 heavy (non-hydrogen) atoms. The molecular formula is C11H10ClNO5. The predicted molar refractivity (Wildman–Crippen MR) is 63.6 cm³/mol. The summed E-state index contributed by atoms with van der Waals surface area (Å²) in [6.45, 7) is 1.38. The minimum absolute atomic E-state index is 0.00670. The number of nitro benzene ring substituents is 1. The average molecular weight is 272 g/mol. The molecule has 0 fully saturated rings. The number of rotatable bonds is 5. The van der Waals surface area contributed by atoms with E-state index in [2.05, 4.69) is 4.74 Å². The summed E-state index contributed by atoms with van der Waals surface area (Å²) in [6.07, 6.45) is 1.09. The Labute approximate surface area is 108 Å². The number of halogens is 1. The fourth-order valence-electron chi connectivity index (χ4n) is 1.08. The van der Waals surface area contributed by atoms with E-state index in [9.17, 15) is 14.9 Å². The van der Waals surface area contributed by atoms with Crippen molar-refractivity contribution in [2.24, 2.45) is 0 Å². The number of hydrogen-bond donors (Lipinski definition) is 0. The first-order chi connectivity index (χ1) is 8.49. The molecule has 1 aromatic carbocycles. The Bertz CT molecular complexity index is 469. The average Bonchev–Trinajstić information content (AvgIpc) is 2.28. The molecule has 0 aliphatic rings. The summed E-state index contributed by atoms with van der Waals surface area (Å²) in [7, 11) is 0. The molecule has 0 heterocycles. The van der Waals surface area contributed by atoms with Crippen LogP contribution in [0.5, 0.6) is 0 Å². The maximum absolute atomic E-state index is 10.5. The zero-order chi connectivity index (χ0) is 13.5. The Hall–Kier alpha value is -2.08. The number of non-ortho nitro benzene ring substituents is 1. The summed E-state index contributed by atoms with van der Waals surface area (Å²) in [5, 5.41) is 10.2. The smallest absolute Gasteiger partial charge is 0.308 e. The van der Waals surface area contributed by atoms with Crippen LogP contribution in [0.25, 0.3) is 0 Å². The third-order valence-electron chi connectivity index (χ3n) is 1.81. The van der Waals surface area contributed by atoms with Crippen LogP contribution in [0.1, 0.15) is 12.5 Å². The van der Waals surface area contributed by atoms with Gasteiger partial charge in [0.05, 0.1) is 4.92 Å². The first kappa shape index (κ1) is 14.0. The molecule has 0 aliphatic heterocycles. The van der Waals surface area contributed by atoms with Gasteiger partial charge in [-0.3, -0.25) is 14.9 Å². The Balaban J connectivity index is 2.49. The molecule has 0 bridgehead atoms. The molecule has 0 saturated heterocycles. The molecule has 0 unspecified atom stereocenters. The van der Waals surface area contributed by atoms with Gasteiger partial charge in [0.2, 0.25) is 5.22 Å². The minimum Gasteiger partial charge on any atom is -0.492 e. The SMILES string of the molecule is CC(=O)O/C(Cl)=C/OCc1ccc([N+](=O)[O-])cc1. The highest BCUT2D eigenvalue weighted by molar-refractivity contribution is 6.28. The van der Waals surface area contributed by atoms with Gasteiger partial charge in [0.25, 0.3) is 5.69 Å². The van der Waals surface area contributed by atoms with E-state index in [-0.39, 0.29) is 17.5 Å². The van der Waals surface area contributed by atoms with Gasteiger partial charge in [-0.15, -0.1) is 0 Å². The van der Waals surface area contributed by atoms with E-state index in [1.54, 1.807) is 12.1 Å². The van der Waals surface area contributed by atoms with Crippen LogP contribution < -0.4 is 0 Å². The lowest BCUT2D eigenvalue weighted by atomic mass is 10.2. The zero-order valence-electron chi connectivity index (χ0n) is 9.46. The molecule has 0 atom stereocenters. The molecule has 0 aromatic heterocycles. The molecular weight excluding hydrogens is 262 g/mol. The van der Waals surface area contributed by atoms with Crippen LogP contribution in [0.2, 0.25) is 0 Å². The van der Waals surface area contributed by atoms with Crippen molar-refractivity contribution in [1.82, 2.24) is 0 Å². The number of carbonyl (C=O) groups excluding carboxylic acids is 1. The molecule has 1 aromatic rings. The summed E-state index contributed by atoms with van der Waals surface area (Å²) in [5.41, 5.74) is 0.733. The van der Waals surface area contributed by atoms with Crippen LogP contribution in [-0.4, -0.2) is 10.9 Å². The second-order valence-corrected chi connectivity index (χ2v) is 3.62. The number of ether oxygens (including phenoxy) is 2. The zero-order valence-corrected chi connectivity index (χ0v) is 10.2. The lowest BCUT2D eigenvalue weighted by Gasteiger charge is -2.02. The molecule has 0 saturated carbocycles. The number of esters is 1. The van der Waals surface area contributed by atoms with Crippen LogP contribution in [0, 0.1) is 10.1 Å². The van der Waals surface area contributed by atoms with Crippen LogP contribution in [0.4, 0.5) is 5.69 Å². The van der Waals surface area contributed by atoms with Gasteiger partial charge in [0.1, 0.15) is 12.9 Å². The lowest BCUT2D eigenvalue weighted by molar-refractivity contribution is -0.384. The highest BCUT2D eigenvalue weighted by Crippen LogP contribution is 2.13. The van der Waals surface area contributed by atoms with E-state index in [0.29, 0.717) is 0 Å². The second kappa shape index (κ2) is 6.61. The van der Waals surface area contributed by atoms with E-state index in [0.717, 1.165) is 11.8 Å². The summed E-state index contributed by atoms with van der Waals surface area (Å²) in [4.78, 5) is 20.5. The van der Waals surface area contributed by atoms with E-state index in [1.807, 2.05) is 0 Å². The van der Waals surface area contributed by atoms with E-state index in [1.165, 1.54) is 19.1 Å². The molecule has 7 heteroatoms. The molecule has 1 rings (SSSR count). The molecule has 6 nitrogen and oxygen atoms in total. The number of benzene rings is 1. The van der Waals surface area contributed by atoms with E-state index >= 15 is 0 Å². The molecule has 0 radical (unpaired) electrons. The quantitative estimate of drug-likeness (QED) is 0.356. The number of carbonyl (C=O) groups is 1. The molecule has 0 N–H and O–H groups in total. The van der Waals surface area contributed by atoms with Crippen molar-refractivity contribution < 1.29 is 19.2 Å². The van der Waals surface area contributed by atoms with Crippen molar-refractivity contribution in [3.05, 3.63) is 51.4 Å². The van der Waals surface area contributed by atoms with Crippen molar-refractivity contribution in [3.63, 3.8) is 0 Å². The third kappa shape index (κ3) is 4.84. The maximum atomic E-state index is 10.5. The maximum Gasteiger partial charge on any atom is 0.308 e. The van der Waals surface area contributed by atoms with Gasteiger partial charge in [-0.2, -0.15) is 0 Å². The predicted octanol–water partition coefficient (Wildman–Crippen LogP) is 2.71. The van der Waals surface area contributed by atoms with Gasteiger partial charge in [0.15, 0.2) is 0 Å². The molecule has 0 spiro atoms. The summed E-state index contributed by atoms with van der Waals surface area (Å²) < 4.78 is 9.55. The highest BCUT2D eigenvalue weighted by atomic mass is 35.5. The van der Waals surface area contributed by atoms with E-state index < -0.39 is 10.9 Å². The Morgan fingerprint density at radius 1 is 1.44 bits per heavy atom. The molecule has 0 aliphatic carbocycles. The minimum atomic E-state index is -0.546. The van der Waals surface area contributed by atoms with Gasteiger partial charge in [-0.1, -0.05) is 0 Å². The normalized spacial score (nSPS) is 10.9. The Kier molecular flexibility index (Phi) is 5.13. The van der Waals surface area contributed by atoms with E-state index in [4.69, 9.17) is 16.3 Å². The van der Waals surface area contributed by atoms with Gasteiger partial charge in [0, 0.05) is 19.1 Å². The summed E-state index contributed by atoms with van der Waals surface area (Å²) in [6, 6.07) is 5.86. The van der Waals surface area contributed by atoms with Gasteiger partial charge >= 0.3 is 5.97 Å². The number of nitro groups is 1. The van der Waals surface area contributed by atoms with Crippen LogP contribution in [0.15, 0.2) is 35.7 Å². The van der Waals surface area contributed by atoms with Crippen molar-refractivity contribution in [3.8, 4) is 0 Å². The van der Waals surface area contributed by atoms with Crippen molar-refractivity contribution >= 4 is 23.3 Å². The topological polar surface area (TPSA) is 78.7 Å². The first-order valence-corrected chi connectivity index (χ1v) is 5.26. The van der Waals surface area contributed by atoms with Gasteiger partial charge < -0.3 is 9.47 Å². The number of hydrogen-bond acceptors (Lipinski definition) is 5. The standard InChI is InChI=1S/C11H10ClNO5/c1-8(14)18-11(12)7-17-6-9-2-4-10(5-3-9)13(15)16/h2-5,7H,6H2,1H3/b11-7+. The van der Waals surface area contributed by atoms with Crippen molar-refractivity contribution in [2.45, 2.75) is 13.5 Å². The van der Waals surface area contributed by atoms with Crippen LogP contribution in [0.3, 0.4) is 0 Å². The van der Waals surface area contributed by atoms with Crippen molar-refractivity contribution in [1.29, 1.82) is 0 Å². The second-order valence-electron chi connectivity index (χ2n) is 3.25. The summed E-state index contributed by atoms with van der Waals surface area (Å²) in [5.74, 6) is -0.546.